The van der Waals surface area contributed by atoms with E-state index < -0.39 is 11.9 Å². The molecule has 3 aromatic rings. The van der Waals surface area contributed by atoms with Crippen molar-refractivity contribution >= 4 is 23.4 Å². The standard InChI is InChI=1S/C28H28N2O5/c1-19-9-7-8-12-22(19)27(32)29(16-15-20-13-14-24(34-2)25(17-20)35-3)23-18-26(31)30(28(23)33)21-10-5-4-6-11-21/h4-14,17,23H,15-16,18H2,1-3H3. The van der Waals surface area contributed by atoms with Gasteiger partial charge in [-0.3, -0.25) is 14.4 Å². The summed E-state index contributed by atoms with van der Waals surface area (Å²) in [5.74, 6) is 0.211. The first-order chi connectivity index (χ1) is 16.9. The monoisotopic (exact) mass is 472 g/mol. The number of methoxy groups -OCH3 is 2. The Hall–Kier alpha value is -4.13. The summed E-state index contributed by atoms with van der Waals surface area (Å²) in [5, 5.41) is 0. The van der Waals surface area contributed by atoms with E-state index in [1.807, 2.05) is 43.3 Å². The highest BCUT2D eigenvalue weighted by Crippen LogP contribution is 2.30. The van der Waals surface area contributed by atoms with Gasteiger partial charge < -0.3 is 14.4 Å². The highest BCUT2D eigenvalue weighted by Gasteiger charge is 2.44. The smallest absolute Gasteiger partial charge is 0.257 e. The number of ether oxygens (including phenoxy) is 2. The van der Waals surface area contributed by atoms with Crippen molar-refractivity contribution in [2.75, 3.05) is 25.7 Å². The van der Waals surface area contributed by atoms with Crippen LogP contribution in [0.2, 0.25) is 0 Å². The average Bonchev–Trinajstić information content (AvgIpc) is 3.17. The fourth-order valence-electron chi connectivity index (χ4n) is 4.36. The van der Waals surface area contributed by atoms with Crippen molar-refractivity contribution in [1.29, 1.82) is 0 Å². The summed E-state index contributed by atoms with van der Waals surface area (Å²) in [6.45, 7) is 2.12. The molecule has 1 unspecified atom stereocenters. The Bertz CT molecular complexity index is 1240. The molecule has 35 heavy (non-hydrogen) atoms. The van der Waals surface area contributed by atoms with Crippen molar-refractivity contribution in [3.63, 3.8) is 0 Å². The van der Waals surface area contributed by atoms with Crippen LogP contribution in [-0.2, 0) is 16.0 Å². The lowest BCUT2D eigenvalue weighted by atomic mass is 10.0. The van der Waals surface area contributed by atoms with Gasteiger partial charge in [-0.1, -0.05) is 42.5 Å². The SMILES string of the molecule is COc1ccc(CCN(C(=O)c2ccccc2C)C2CC(=O)N(c3ccccc3)C2=O)cc1OC. The van der Waals surface area contributed by atoms with E-state index in [4.69, 9.17) is 9.47 Å². The molecule has 0 aromatic heterocycles. The largest absolute Gasteiger partial charge is 0.493 e. The number of carbonyl (C=O) groups is 3. The lowest BCUT2D eigenvalue weighted by molar-refractivity contribution is -0.122. The predicted octanol–water partition coefficient (Wildman–Crippen LogP) is 4.03. The Kier molecular flexibility index (Phi) is 7.15. The number of amides is 3. The first-order valence-electron chi connectivity index (χ1n) is 11.4. The van der Waals surface area contributed by atoms with Crippen LogP contribution in [0.4, 0.5) is 5.69 Å². The van der Waals surface area contributed by atoms with E-state index >= 15 is 0 Å². The zero-order valence-corrected chi connectivity index (χ0v) is 20.1. The Morgan fingerprint density at radius 1 is 0.943 bits per heavy atom. The Morgan fingerprint density at radius 2 is 1.63 bits per heavy atom. The number of hydrogen-bond acceptors (Lipinski definition) is 5. The van der Waals surface area contributed by atoms with Crippen LogP contribution in [0.1, 0.15) is 27.9 Å². The van der Waals surface area contributed by atoms with Crippen molar-refractivity contribution < 1.29 is 23.9 Å². The number of carbonyl (C=O) groups excluding carboxylic acids is 3. The van der Waals surface area contributed by atoms with Crippen molar-refractivity contribution in [2.45, 2.75) is 25.8 Å². The molecule has 7 heteroatoms. The summed E-state index contributed by atoms with van der Waals surface area (Å²) in [5.41, 5.74) is 2.75. The molecular formula is C28H28N2O5. The van der Waals surface area contributed by atoms with E-state index in [0.29, 0.717) is 29.2 Å². The molecule has 1 aliphatic heterocycles. The number of aryl methyl sites for hydroxylation is 1. The summed E-state index contributed by atoms with van der Waals surface area (Å²) in [7, 11) is 3.14. The number of para-hydroxylation sites is 1. The lowest BCUT2D eigenvalue weighted by Crippen LogP contribution is -2.46. The second kappa shape index (κ2) is 10.4. The molecule has 0 radical (unpaired) electrons. The van der Waals surface area contributed by atoms with Crippen LogP contribution >= 0.6 is 0 Å². The van der Waals surface area contributed by atoms with E-state index in [2.05, 4.69) is 0 Å². The van der Waals surface area contributed by atoms with Gasteiger partial charge in [0.25, 0.3) is 11.8 Å². The number of imide groups is 1. The molecule has 0 saturated carbocycles. The summed E-state index contributed by atoms with van der Waals surface area (Å²) in [6.07, 6.45) is 0.415. The molecule has 4 rings (SSSR count). The molecule has 3 amide bonds. The van der Waals surface area contributed by atoms with Crippen LogP contribution in [0.5, 0.6) is 11.5 Å². The van der Waals surface area contributed by atoms with Crippen molar-refractivity contribution in [3.8, 4) is 11.5 Å². The molecule has 1 aliphatic rings. The normalized spacial score (nSPS) is 15.3. The third kappa shape index (κ3) is 4.89. The minimum Gasteiger partial charge on any atom is -0.493 e. The minimum absolute atomic E-state index is 0.0583. The van der Waals surface area contributed by atoms with Gasteiger partial charge >= 0.3 is 0 Å². The highest BCUT2D eigenvalue weighted by molar-refractivity contribution is 6.23. The van der Waals surface area contributed by atoms with E-state index in [1.54, 1.807) is 50.6 Å². The molecule has 1 fully saturated rings. The molecule has 0 spiro atoms. The maximum atomic E-state index is 13.7. The molecule has 1 atom stereocenters. The number of nitrogens with zero attached hydrogens (tertiary/aromatic N) is 2. The third-order valence-electron chi connectivity index (χ3n) is 6.24. The first-order valence-corrected chi connectivity index (χ1v) is 11.4. The third-order valence-corrected chi connectivity index (χ3v) is 6.24. The van der Waals surface area contributed by atoms with Crippen LogP contribution in [0.3, 0.4) is 0 Å². The van der Waals surface area contributed by atoms with Crippen molar-refractivity contribution in [1.82, 2.24) is 4.90 Å². The quantitative estimate of drug-likeness (QED) is 0.463. The zero-order chi connectivity index (χ0) is 24.9. The Balaban J connectivity index is 1.65. The lowest BCUT2D eigenvalue weighted by Gasteiger charge is -2.28. The van der Waals surface area contributed by atoms with Gasteiger partial charge in [0.1, 0.15) is 6.04 Å². The fraction of sp³-hybridized carbons (Fsp3) is 0.250. The molecule has 1 heterocycles. The van der Waals surface area contributed by atoms with Crippen LogP contribution in [-0.4, -0.2) is 49.4 Å². The van der Waals surface area contributed by atoms with Gasteiger partial charge in [-0.05, 0) is 54.8 Å². The number of hydrogen-bond donors (Lipinski definition) is 0. The number of benzene rings is 3. The first kappa shape index (κ1) is 24.0. The van der Waals surface area contributed by atoms with E-state index in [0.717, 1.165) is 11.1 Å². The van der Waals surface area contributed by atoms with Gasteiger partial charge in [0.2, 0.25) is 5.91 Å². The highest BCUT2D eigenvalue weighted by atomic mass is 16.5. The number of anilines is 1. The topological polar surface area (TPSA) is 76.2 Å². The second-order valence-electron chi connectivity index (χ2n) is 8.38. The van der Waals surface area contributed by atoms with Crippen LogP contribution < -0.4 is 14.4 Å². The van der Waals surface area contributed by atoms with E-state index in [-0.39, 0.29) is 24.8 Å². The van der Waals surface area contributed by atoms with Crippen LogP contribution in [0.15, 0.2) is 72.8 Å². The maximum absolute atomic E-state index is 13.7. The summed E-state index contributed by atoms with van der Waals surface area (Å²) in [6, 6.07) is 20.8. The van der Waals surface area contributed by atoms with Crippen molar-refractivity contribution in [2.24, 2.45) is 0 Å². The van der Waals surface area contributed by atoms with E-state index in [1.165, 1.54) is 9.80 Å². The predicted molar refractivity (Wildman–Crippen MR) is 133 cm³/mol. The molecule has 0 bridgehead atoms. The van der Waals surface area contributed by atoms with Crippen LogP contribution in [0, 0.1) is 6.92 Å². The molecule has 0 aliphatic carbocycles. The Labute approximate surface area is 204 Å². The van der Waals surface area contributed by atoms with Gasteiger partial charge in [0.05, 0.1) is 26.3 Å². The molecule has 1 saturated heterocycles. The van der Waals surface area contributed by atoms with Crippen LogP contribution in [0.25, 0.3) is 0 Å². The molecular weight excluding hydrogens is 444 g/mol. The van der Waals surface area contributed by atoms with Gasteiger partial charge in [-0.25, -0.2) is 4.90 Å². The second-order valence-corrected chi connectivity index (χ2v) is 8.38. The minimum atomic E-state index is -0.880. The fourth-order valence-corrected chi connectivity index (χ4v) is 4.36. The summed E-state index contributed by atoms with van der Waals surface area (Å²) < 4.78 is 10.7. The molecule has 180 valence electrons. The molecule has 3 aromatic carbocycles. The number of rotatable bonds is 8. The van der Waals surface area contributed by atoms with Gasteiger partial charge in [0, 0.05) is 12.1 Å². The van der Waals surface area contributed by atoms with E-state index in [9.17, 15) is 14.4 Å². The van der Waals surface area contributed by atoms with Gasteiger partial charge in [0.15, 0.2) is 11.5 Å². The zero-order valence-electron chi connectivity index (χ0n) is 20.1. The molecule has 7 nitrogen and oxygen atoms in total. The summed E-state index contributed by atoms with van der Waals surface area (Å²) >= 11 is 0. The maximum Gasteiger partial charge on any atom is 0.257 e. The average molecular weight is 473 g/mol. The van der Waals surface area contributed by atoms with Gasteiger partial charge in [-0.2, -0.15) is 0 Å². The molecule has 0 N–H and O–H groups in total. The summed E-state index contributed by atoms with van der Waals surface area (Å²) in [4.78, 5) is 42.7. The Morgan fingerprint density at radius 3 is 2.31 bits per heavy atom. The van der Waals surface area contributed by atoms with Crippen molar-refractivity contribution in [3.05, 3.63) is 89.5 Å². The van der Waals surface area contributed by atoms with Gasteiger partial charge in [-0.15, -0.1) is 0 Å².